The zero-order chi connectivity index (χ0) is 27.2. The minimum Gasteiger partial charge on any atom is -0.502 e. The van der Waals surface area contributed by atoms with Crippen molar-refractivity contribution in [3.8, 4) is 5.75 Å². The van der Waals surface area contributed by atoms with Crippen LogP contribution in [0.3, 0.4) is 0 Å². The Morgan fingerprint density at radius 3 is 2.08 bits per heavy atom. The Balaban J connectivity index is 1.62. The van der Waals surface area contributed by atoms with Crippen LogP contribution in [0.5, 0.6) is 5.75 Å². The molecule has 0 radical (unpaired) electrons. The summed E-state index contributed by atoms with van der Waals surface area (Å²) in [5.74, 6) is -0.243. The highest BCUT2D eigenvalue weighted by Gasteiger charge is 2.15. The van der Waals surface area contributed by atoms with Crippen LogP contribution in [0.15, 0.2) is 65.8 Å². The van der Waals surface area contributed by atoms with E-state index in [4.69, 9.17) is 0 Å². The van der Waals surface area contributed by atoms with Gasteiger partial charge in [-0.2, -0.15) is 20.1 Å². The van der Waals surface area contributed by atoms with Crippen molar-refractivity contribution < 1.29 is 15.0 Å². The molecular weight excluding hydrogens is 494 g/mol. The number of aryl methyl sites for hydroxylation is 2. The van der Waals surface area contributed by atoms with Gasteiger partial charge in [0.1, 0.15) is 0 Å². The summed E-state index contributed by atoms with van der Waals surface area (Å²) in [5, 5.41) is 42.1. The monoisotopic (exact) mass is 515 g/mol. The summed E-state index contributed by atoms with van der Waals surface area (Å²) in [6.07, 6.45) is 1.19. The highest BCUT2D eigenvalue weighted by Crippen LogP contribution is 2.28. The number of rotatable bonds is 9. The fraction of sp³-hybridized carbons (Fsp3) is 0.0833. The number of hydrogen-bond acceptors (Lipinski definition) is 12. The van der Waals surface area contributed by atoms with Crippen LogP contribution in [0.4, 0.5) is 40.6 Å². The van der Waals surface area contributed by atoms with Gasteiger partial charge >= 0.3 is 5.69 Å². The second kappa shape index (κ2) is 10.9. The highest BCUT2D eigenvalue weighted by atomic mass is 16.6. The summed E-state index contributed by atoms with van der Waals surface area (Å²) in [6.45, 7) is 3.97. The largest absolute Gasteiger partial charge is 0.502 e. The maximum absolute atomic E-state index is 11.0. The molecule has 0 saturated heterocycles. The average molecular weight is 515 g/mol. The van der Waals surface area contributed by atoms with Crippen LogP contribution in [0.2, 0.25) is 0 Å². The van der Waals surface area contributed by atoms with Gasteiger partial charge in [0.2, 0.25) is 23.6 Å². The zero-order valence-corrected chi connectivity index (χ0v) is 20.1. The maximum Gasteiger partial charge on any atom is 0.311 e. The van der Waals surface area contributed by atoms with Crippen molar-refractivity contribution >= 4 is 46.8 Å². The first-order valence-corrected chi connectivity index (χ1v) is 11.1. The predicted molar refractivity (Wildman–Crippen MR) is 141 cm³/mol. The molecule has 0 unspecified atom stereocenters. The highest BCUT2D eigenvalue weighted by molar-refractivity contribution is 5.86. The molecule has 4 N–H and O–H groups in total. The Hall–Kier alpha value is -5.66. The number of phenols is 1. The number of phenolic OH excluding ortho intramolecular Hbond substituents is 1. The van der Waals surface area contributed by atoms with Gasteiger partial charge in [-0.3, -0.25) is 20.2 Å². The summed E-state index contributed by atoms with van der Waals surface area (Å²) in [5.41, 5.74) is 5.62. The molecule has 38 heavy (non-hydrogen) atoms. The van der Waals surface area contributed by atoms with E-state index in [9.17, 15) is 25.3 Å². The molecule has 4 aromatic rings. The minimum atomic E-state index is -0.701. The van der Waals surface area contributed by atoms with E-state index in [0.717, 1.165) is 16.8 Å². The molecule has 0 fully saturated rings. The SMILES string of the molecule is Cc1ccc(Nc2nc(N/N=C\c3cccc([N+](=O)[O-])c3O)nc(Nc3ccc([N+](=O)[O-])cc3)n2)cc1C. The number of aromatic hydroxyl groups is 1. The van der Waals surface area contributed by atoms with Gasteiger partial charge in [0.25, 0.3) is 5.69 Å². The van der Waals surface area contributed by atoms with E-state index in [1.807, 2.05) is 32.0 Å². The molecule has 3 aromatic carbocycles. The van der Waals surface area contributed by atoms with Crippen molar-refractivity contribution in [2.75, 3.05) is 16.1 Å². The molecule has 0 bridgehead atoms. The molecule has 0 aliphatic rings. The minimum absolute atomic E-state index is 0.0110. The number of hydrazone groups is 1. The van der Waals surface area contributed by atoms with Crippen LogP contribution in [-0.2, 0) is 0 Å². The van der Waals surface area contributed by atoms with Crippen molar-refractivity contribution in [3.05, 3.63) is 97.6 Å². The smallest absolute Gasteiger partial charge is 0.311 e. The van der Waals surface area contributed by atoms with Gasteiger partial charge in [-0.05, 0) is 55.3 Å². The molecule has 1 aromatic heterocycles. The fourth-order valence-electron chi connectivity index (χ4n) is 3.24. The van der Waals surface area contributed by atoms with Crippen molar-refractivity contribution in [1.82, 2.24) is 15.0 Å². The van der Waals surface area contributed by atoms with E-state index >= 15 is 0 Å². The van der Waals surface area contributed by atoms with Crippen LogP contribution in [-0.4, -0.2) is 36.1 Å². The Labute approximate surface area is 215 Å². The van der Waals surface area contributed by atoms with Crippen LogP contribution >= 0.6 is 0 Å². The quantitative estimate of drug-likeness (QED) is 0.134. The first kappa shape index (κ1) is 25.4. The van der Waals surface area contributed by atoms with Crippen LogP contribution in [0, 0.1) is 34.1 Å². The Morgan fingerprint density at radius 2 is 1.45 bits per heavy atom. The molecule has 0 spiro atoms. The molecule has 0 aliphatic heterocycles. The van der Waals surface area contributed by atoms with Crippen molar-refractivity contribution in [2.45, 2.75) is 13.8 Å². The predicted octanol–water partition coefficient (Wildman–Crippen LogP) is 4.94. The van der Waals surface area contributed by atoms with Crippen molar-refractivity contribution in [1.29, 1.82) is 0 Å². The molecular formula is C24H21N9O5. The molecule has 4 rings (SSSR count). The number of nitrogens with one attached hydrogen (secondary N) is 3. The lowest BCUT2D eigenvalue weighted by atomic mass is 10.1. The van der Waals surface area contributed by atoms with Gasteiger partial charge in [0.05, 0.1) is 16.1 Å². The van der Waals surface area contributed by atoms with Gasteiger partial charge in [0.15, 0.2) is 0 Å². The number of para-hydroxylation sites is 1. The lowest BCUT2D eigenvalue weighted by Gasteiger charge is -2.11. The third kappa shape index (κ3) is 6.12. The van der Waals surface area contributed by atoms with E-state index in [2.05, 4.69) is 36.1 Å². The molecule has 1 heterocycles. The normalized spacial score (nSPS) is 10.8. The lowest BCUT2D eigenvalue weighted by molar-refractivity contribution is -0.385. The molecule has 14 nitrogen and oxygen atoms in total. The van der Waals surface area contributed by atoms with Crippen LogP contribution < -0.4 is 16.1 Å². The fourth-order valence-corrected chi connectivity index (χ4v) is 3.24. The second-order valence-electron chi connectivity index (χ2n) is 8.00. The van der Waals surface area contributed by atoms with E-state index in [1.54, 1.807) is 0 Å². The molecule has 0 saturated carbocycles. The van der Waals surface area contributed by atoms with Gasteiger partial charge in [-0.25, -0.2) is 5.43 Å². The molecule has 0 atom stereocenters. The number of non-ortho nitro benzene ring substituents is 1. The third-order valence-electron chi connectivity index (χ3n) is 5.34. The number of nitro benzene ring substituents is 2. The maximum atomic E-state index is 11.0. The first-order chi connectivity index (χ1) is 18.2. The Kier molecular flexibility index (Phi) is 7.33. The second-order valence-corrected chi connectivity index (χ2v) is 8.00. The lowest BCUT2D eigenvalue weighted by Crippen LogP contribution is -2.07. The van der Waals surface area contributed by atoms with Crippen LogP contribution in [0.25, 0.3) is 0 Å². The van der Waals surface area contributed by atoms with Gasteiger partial charge < -0.3 is 15.7 Å². The summed E-state index contributed by atoms with van der Waals surface area (Å²) < 4.78 is 0. The van der Waals surface area contributed by atoms with Gasteiger partial charge in [-0.15, -0.1) is 0 Å². The summed E-state index contributed by atoms with van der Waals surface area (Å²) in [7, 11) is 0. The number of nitro groups is 2. The van der Waals surface area contributed by atoms with E-state index < -0.39 is 21.3 Å². The summed E-state index contributed by atoms with van der Waals surface area (Å²) in [4.78, 5) is 33.7. The number of benzene rings is 3. The summed E-state index contributed by atoms with van der Waals surface area (Å²) >= 11 is 0. The van der Waals surface area contributed by atoms with E-state index in [0.29, 0.717) is 5.69 Å². The van der Waals surface area contributed by atoms with Crippen molar-refractivity contribution in [2.24, 2.45) is 5.10 Å². The molecule has 14 heteroatoms. The number of hydrogen-bond donors (Lipinski definition) is 4. The first-order valence-electron chi connectivity index (χ1n) is 11.1. The molecule has 192 valence electrons. The number of nitrogens with zero attached hydrogens (tertiary/aromatic N) is 6. The zero-order valence-electron chi connectivity index (χ0n) is 20.1. The van der Waals surface area contributed by atoms with Crippen LogP contribution in [0.1, 0.15) is 16.7 Å². The Morgan fingerprint density at radius 1 is 0.816 bits per heavy atom. The summed E-state index contributed by atoms with van der Waals surface area (Å²) in [6, 6.07) is 15.5. The van der Waals surface area contributed by atoms with E-state index in [1.165, 1.54) is 48.7 Å². The molecule has 0 aliphatic carbocycles. The molecule has 0 amide bonds. The standard InChI is InChI=1S/C24H21N9O5/c1-14-6-7-18(12-15(14)2)27-23-28-22(26-17-8-10-19(11-9-17)32(35)36)29-24(30-23)31-25-13-16-4-3-5-20(21(16)34)33(37)38/h3-13,34H,1-2H3,(H3,26,27,28,29,30,31)/b25-13-. The van der Waals surface area contributed by atoms with E-state index in [-0.39, 0.29) is 29.1 Å². The van der Waals surface area contributed by atoms with Gasteiger partial charge in [0, 0.05) is 35.1 Å². The number of aromatic nitrogens is 3. The van der Waals surface area contributed by atoms with Gasteiger partial charge in [-0.1, -0.05) is 12.1 Å². The Bertz CT molecular complexity index is 1540. The third-order valence-corrected chi connectivity index (χ3v) is 5.34. The topological polar surface area (TPSA) is 194 Å². The van der Waals surface area contributed by atoms with Crippen molar-refractivity contribution in [3.63, 3.8) is 0 Å². The number of anilines is 5. The average Bonchev–Trinajstić information content (AvgIpc) is 2.87.